The Morgan fingerprint density at radius 1 is 1.62 bits per heavy atom. The molecule has 0 bridgehead atoms. The molecule has 0 radical (unpaired) electrons. The average Bonchev–Trinajstić information content (AvgIpc) is 2.04. The molecule has 0 aliphatic rings. The van der Waals surface area contributed by atoms with E-state index in [2.05, 4.69) is 15.9 Å². The SMILES string of the molecule is O=CCC(Cl)c1ccc(Br)cc1F. The molecule has 0 aliphatic heterocycles. The lowest BCUT2D eigenvalue weighted by Gasteiger charge is -2.07. The Hall–Kier alpha value is -0.410. The van der Waals surface area contributed by atoms with E-state index in [1.807, 2.05) is 0 Å². The van der Waals surface area contributed by atoms with Crippen LogP contribution in [0, 0.1) is 5.82 Å². The Morgan fingerprint density at radius 2 is 2.31 bits per heavy atom. The van der Waals surface area contributed by atoms with Crippen molar-refractivity contribution in [3.05, 3.63) is 34.1 Å². The van der Waals surface area contributed by atoms with Crippen molar-refractivity contribution in [1.82, 2.24) is 0 Å². The summed E-state index contributed by atoms with van der Waals surface area (Å²) in [6, 6.07) is 4.59. The smallest absolute Gasteiger partial charge is 0.129 e. The Bertz CT molecular complexity index is 316. The van der Waals surface area contributed by atoms with Crippen LogP contribution in [0.3, 0.4) is 0 Å². The first-order chi connectivity index (χ1) is 6.15. The second-order valence-electron chi connectivity index (χ2n) is 2.54. The molecule has 1 unspecified atom stereocenters. The van der Waals surface area contributed by atoms with Gasteiger partial charge in [0.25, 0.3) is 0 Å². The van der Waals surface area contributed by atoms with Gasteiger partial charge in [0, 0.05) is 16.5 Å². The number of halogens is 3. The summed E-state index contributed by atoms with van der Waals surface area (Å²) < 4.78 is 13.9. The summed E-state index contributed by atoms with van der Waals surface area (Å²) in [5, 5.41) is -0.578. The van der Waals surface area contributed by atoms with Gasteiger partial charge in [-0.3, -0.25) is 0 Å². The summed E-state index contributed by atoms with van der Waals surface area (Å²) in [5.41, 5.74) is 0.358. The van der Waals surface area contributed by atoms with Crippen LogP contribution in [0.5, 0.6) is 0 Å². The van der Waals surface area contributed by atoms with Crippen LogP contribution < -0.4 is 0 Å². The highest BCUT2D eigenvalue weighted by Gasteiger charge is 2.12. The fraction of sp³-hybridized carbons (Fsp3) is 0.222. The largest absolute Gasteiger partial charge is 0.303 e. The van der Waals surface area contributed by atoms with Crippen molar-refractivity contribution in [3.63, 3.8) is 0 Å². The molecule has 0 amide bonds. The zero-order chi connectivity index (χ0) is 9.84. The van der Waals surface area contributed by atoms with Crippen LogP contribution in [0.25, 0.3) is 0 Å². The zero-order valence-electron chi connectivity index (χ0n) is 6.64. The average molecular weight is 266 g/mol. The van der Waals surface area contributed by atoms with E-state index in [-0.39, 0.29) is 6.42 Å². The van der Waals surface area contributed by atoms with Gasteiger partial charge in [0.2, 0.25) is 0 Å². The van der Waals surface area contributed by atoms with Crippen molar-refractivity contribution in [2.24, 2.45) is 0 Å². The molecular formula is C9H7BrClFO. The monoisotopic (exact) mass is 264 g/mol. The van der Waals surface area contributed by atoms with Gasteiger partial charge in [0.15, 0.2) is 0 Å². The Labute approximate surface area is 89.0 Å². The number of carbonyl (C=O) groups is 1. The summed E-state index contributed by atoms with van der Waals surface area (Å²) in [6.07, 6.45) is 0.805. The first kappa shape index (κ1) is 10.7. The molecule has 1 aromatic carbocycles. The third-order valence-electron chi connectivity index (χ3n) is 1.60. The molecule has 1 aromatic rings. The molecule has 70 valence electrons. The number of hydrogen-bond donors (Lipinski definition) is 0. The van der Waals surface area contributed by atoms with Crippen molar-refractivity contribution in [2.45, 2.75) is 11.8 Å². The normalized spacial score (nSPS) is 12.5. The van der Waals surface area contributed by atoms with Gasteiger partial charge < -0.3 is 4.79 Å². The molecule has 0 saturated carbocycles. The fourth-order valence-corrected chi connectivity index (χ4v) is 1.55. The van der Waals surface area contributed by atoms with Gasteiger partial charge in [-0.15, -0.1) is 11.6 Å². The molecule has 1 rings (SSSR count). The topological polar surface area (TPSA) is 17.1 Å². The van der Waals surface area contributed by atoms with Gasteiger partial charge in [0.1, 0.15) is 12.1 Å². The maximum absolute atomic E-state index is 13.2. The number of benzene rings is 1. The minimum Gasteiger partial charge on any atom is -0.303 e. The minimum absolute atomic E-state index is 0.125. The van der Waals surface area contributed by atoms with E-state index in [1.165, 1.54) is 6.07 Å². The lowest BCUT2D eigenvalue weighted by atomic mass is 10.1. The maximum Gasteiger partial charge on any atom is 0.129 e. The summed E-state index contributed by atoms with van der Waals surface area (Å²) in [6.45, 7) is 0. The van der Waals surface area contributed by atoms with Crippen molar-refractivity contribution in [3.8, 4) is 0 Å². The highest BCUT2D eigenvalue weighted by molar-refractivity contribution is 9.10. The van der Waals surface area contributed by atoms with Crippen molar-refractivity contribution >= 4 is 33.8 Å². The lowest BCUT2D eigenvalue weighted by Crippen LogP contribution is -1.95. The van der Waals surface area contributed by atoms with Crippen LogP contribution in [-0.2, 0) is 4.79 Å². The fourth-order valence-electron chi connectivity index (χ4n) is 0.967. The Kier molecular flexibility index (Phi) is 3.88. The molecule has 0 fully saturated rings. The number of hydrogen-bond acceptors (Lipinski definition) is 1. The second-order valence-corrected chi connectivity index (χ2v) is 3.98. The number of carbonyl (C=O) groups excluding carboxylic acids is 1. The van der Waals surface area contributed by atoms with Crippen LogP contribution in [0.4, 0.5) is 4.39 Å². The lowest BCUT2D eigenvalue weighted by molar-refractivity contribution is -0.107. The molecule has 1 atom stereocenters. The van der Waals surface area contributed by atoms with Crippen LogP contribution in [0.2, 0.25) is 0 Å². The van der Waals surface area contributed by atoms with Crippen LogP contribution in [0.1, 0.15) is 17.4 Å². The summed E-state index contributed by atoms with van der Waals surface area (Å²) in [7, 11) is 0. The van der Waals surface area contributed by atoms with Crippen molar-refractivity contribution in [1.29, 1.82) is 0 Å². The second kappa shape index (κ2) is 4.72. The van der Waals surface area contributed by atoms with Gasteiger partial charge >= 0.3 is 0 Å². The molecule has 0 heterocycles. The van der Waals surface area contributed by atoms with Gasteiger partial charge in [-0.05, 0) is 12.1 Å². The van der Waals surface area contributed by atoms with Crippen LogP contribution in [0.15, 0.2) is 22.7 Å². The van der Waals surface area contributed by atoms with E-state index in [4.69, 9.17) is 11.6 Å². The predicted molar refractivity (Wildman–Crippen MR) is 53.4 cm³/mol. The molecule has 0 saturated heterocycles. The van der Waals surface area contributed by atoms with E-state index in [1.54, 1.807) is 12.1 Å². The third-order valence-corrected chi connectivity index (χ3v) is 2.51. The predicted octanol–water partition coefficient (Wildman–Crippen LogP) is 3.46. The quantitative estimate of drug-likeness (QED) is 0.604. The first-order valence-corrected chi connectivity index (χ1v) is 4.90. The molecular weight excluding hydrogens is 258 g/mol. The number of rotatable bonds is 3. The van der Waals surface area contributed by atoms with Crippen LogP contribution in [-0.4, -0.2) is 6.29 Å². The Balaban J connectivity index is 2.94. The summed E-state index contributed by atoms with van der Waals surface area (Å²) in [4.78, 5) is 10.2. The standard InChI is InChI=1S/C9H7BrClFO/c10-6-1-2-7(9(12)5-6)8(11)3-4-13/h1-2,4-5,8H,3H2. The summed E-state index contributed by atoms with van der Waals surface area (Å²) in [5.74, 6) is -0.392. The third kappa shape index (κ3) is 2.78. The van der Waals surface area contributed by atoms with Gasteiger partial charge in [0.05, 0.1) is 5.38 Å². The van der Waals surface area contributed by atoms with Gasteiger partial charge in [-0.25, -0.2) is 4.39 Å². The van der Waals surface area contributed by atoms with E-state index < -0.39 is 11.2 Å². The Morgan fingerprint density at radius 3 is 2.85 bits per heavy atom. The van der Waals surface area contributed by atoms with E-state index in [0.717, 1.165) is 0 Å². The first-order valence-electron chi connectivity index (χ1n) is 3.68. The highest BCUT2D eigenvalue weighted by atomic mass is 79.9. The van der Waals surface area contributed by atoms with Crippen molar-refractivity contribution in [2.75, 3.05) is 0 Å². The molecule has 0 spiro atoms. The maximum atomic E-state index is 13.2. The highest BCUT2D eigenvalue weighted by Crippen LogP contribution is 2.27. The van der Waals surface area contributed by atoms with Gasteiger partial charge in [-0.1, -0.05) is 22.0 Å². The number of aldehydes is 1. The molecule has 4 heteroatoms. The van der Waals surface area contributed by atoms with E-state index >= 15 is 0 Å². The van der Waals surface area contributed by atoms with Crippen LogP contribution >= 0.6 is 27.5 Å². The van der Waals surface area contributed by atoms with Gasteiger partial charge in [-0.2, -0.15) is 0 Å². The van der Waals surface area contributed by atoms with E-state index in [9.17, 15) is 9.18 Å². The molecule has 13 heavy (non-hydrogen) atoms. The molecule has 1 nitrogen and oxygen atoms in total. The molecule has 0 aliphatic carbocycles. The number of alkyl halides is 1. The molecule has 0 aromatic heterocycles. The van der Waals surface area contributed by atoms with Crippen molar-refractivity contribution < 1.29 is 9.18 Å². The summed E-state index contributed by atoms with van der Waals surface area (Å²) >= 11 is 8.91. The molecule has 0 N–H and O–H groups in total. The zero-order valence-corrected chi connectivity index (χ0v) is 8.98. The van der Waals surface area contributed by atoms with E-state index in [0.29, 0.717) is 16.3 Å². The minimum atomic E-state index is -0.578.